The number of fused-ring (bicyclic) bond motifs is 1. The highest BCUT2D eigenvalue weighted by Gasteiger charge is 2.25. The van der Waals surface area contributed by atoms with Crippen LogP contribution in [0.2, 0.25) is 5.02 Å². The lowest BCUT2D eigenvalue weighted by atomic mass is 9.91. The zero-order valence-electron chi connectivity index (χ0n) is 10.9. The van der Waals surface area contributed by atoms with Crippen molar-refractivity contribution in [2.24, 2.45) is 13.0 Å². The molecule has 4 heteroatoms. The number of carbonyl (C=O) groups excluding carboxylic acids is 1. The molecule has 1 aromatic carbocycles. The van der Waals surface area contributed by atoms with E-state index in [0.717, 1.165) is 29.3 Å². The van der Waals surface area contributed by atoms with Gasteiger partial charge in [0.25, 0.3) is 0 Å². The van der Waals surface area contributed by atoms with Gasteiger partial charge in [-0.3, -0.25) is 4.79 Å². The number of rotatable bonds is 2. The van der Waals surface area contributed by atoms with Gasteiger partial charge in [-0.15, -0.1) is 0 Å². The first-order chi connectivity index (χ1) is 9.16. The van der Waals surface area contributed by atoms with Crippen molar-refractivity contribution in [3.8, 4) is 0 Å². The van der Waals surface area contributed by atoms with Crippen LogP contribution < -0.4 is 0 Å². The van der Waals surface area contributed by atoms with Gasteiger partial charge in [-0.2, -0.15) is 0 Å². The third-order valence-electron chi connectivity index (χ3n) is 3.81. The molecule has 2 aromatic rings. The van der Waals surface area contributed by atoms with Crippen LogP contribution >= 0.6 is 11.6 Å². The molecule has 19 heavy (non-hydrogen) atoms. The Morgan fingerprint density at radius 1 is 1.37 bits per heavy atom. The molecular weight excluding hydrogens is 262 g/mol. The third kappa shape index (κ3) is 2.28. The van der Waals surface area contributed by atoms with E-state index in [1.807, 2.05) is 36.0 Å². The van der Waals surface area contributed by atoms with Crippen LogP contribution in [-0.2, 0) is 11.8 Å². The van der Waals surface area contributed by atoms with E-state index < -0.39 is 0 Å². The fourth-order valence-corrected chi connectivity index (χ4v) is 2.90. The summed E-state index contributed by atoms with van der Waals surface area (Å²) < 4.78 is 7.29. The Labute approximate surface area is 117 Å². The second-order valence-corrected chi connectivity index (χ2v) is 5.50. The van der Waals surface area contributed by atoms with E-state index in [-0.39, 0.29) is 11.7 Å². The predicted molar refractivity (Wildman–Crippen MR) is 75.8 cm³/mol. The smallest absolute Gasteiger partial charge is 0.168 e. The molecule has 0 N–H and O–H groups in total. The molecule has 0 amide bonds. The number of benzene rings is 1. The first-order valence-corrected chi connectivity index (χ1v) is 6.91. The van der Waals surface area contributed by atoms with E-state index in [4.69, 9.17) is 16.3 Å². The van der Waals surface area contributed by atoms with Gasteiger partial charge >= 0.3 is 0 Å². The van der Waals surface area contributed by atoms with Crippen LogP contribution in [0.5, 0.6) is 0 Å². The van der Waals surface area contributed by atoms with E-state index in [9.17, 15) is 4.79 Å². The first-order valence-electron chi connectivity index (χ1n) is 6.53. The van der Waals surface area contributed by atoms with Crippen LogP contribution in [0.25, 0.3) is 10.9 Å². The highest BCUT2D eigenvalue weighted by molar-refractivity contribution is 6.31. The van der Waals surface area contributed by atoms with E-state index in [1.165, 1.54) is 0 Å². The monoisotopic (exact) mass is 277 g/mol. The summed E-state index contributed by atoms with van der Waals surface area (Å²) in [5, 5.41) is 1.68. The normalized spacial score (nSPS) is 16.9. The van der Waals surface area contributed by atoms with Gasteiger partial charge in [-0.1, -0.05) is 17.7 Å². The van der Waals surface area contributed by atoms with Gasteiger partial charge in [0, 0.05) is 53.9 Å². The number of ketones is 1. The van der Waals surface area contributed by atoms with Gasteiger partial charge in [-0.25, -0.2) is 0 Å². The number of carbonyl (C=O) groups is 1. The van der Waals surface area contributed by atoms with Crippen LogP contribution in [0.1, 0.15) is 23.2 Å². The molecule has 0 saturated carbocycles. The van der Waals surface area contributed by atoms with E-state index in [0.29, 0.717) is 18.2 Å². The second kappa shape index (κ2) is 4.99. The largest absolute Gasteiger partial charge is 0.381 e. The summed E-state index contributed by atoms with van der Waals surface area (Å²) >= 11 is 6.01. The van der Waals surface area contributed by atoms with Gasteiger partial charge < -0.3 is 9.30 Å². The topological polar surface area (TPSA) is 31.2 Å². The maximum absolute atomic E-state index is 12.6. The van der Waals surface area contributed by atoms with Crippen LogP contribution in [-0.4, -0.2) is 23.6 Å². The van der Waals surface area contributed by atoms with Crippen molar-refractivity contribution >= 4 is 28.3 Å². The lowest BCUT2D eigenvalue weighted by molar-refractivity contribution is 0.0546. The van der Waals surface area contributed by atoms with Crippen molar-refractivity contribution in [1.82, 2.24) is 4.57 Å². The maximum atomic E-state index is 12.6. The summed E-state index contributed by atoms with van der Waals surface area (Å²) in [5.41, 5.74) is 1.81. The zero-order valence-corrected chi connectivity index (χ0v) is 11.6. The molecule has 1 aromatic heterocycles. The molecule has 1 aliphatic heterocycles. The lowest BCUT2D eigenvalue weighted by Crippen LogP contribution is -2.23. The average Bonchev–Trinajstić information content (AvgIpc) is 2.76. The molecule has 2 heterocycles. The number of aromatic nitrogens is 1. The predicted octanol–water partition coefficient (Wildman–Crippen LogP) is 3.44. The molecule has 1 fully saturated rings. The fraction of sp³-hybridized carbons (Fsp3) is 0.400. The summed E-state index contributed by atoms with van der Waals surface area (Å²) in [7, 11) is 1.94. The second-order valence-electron chi connectivity index (χ2n) is 5.07. The van der Waals surface area contributed by atoms with Crippen LogP contribution in [0.4, 0.5) is 0 Å². The minimum Gasteiger partial charge on any atom is -0.381 e. The molecule has 3 nitrogen and oxygen atoms in total. The molecule has 0 radical (unpaired) electrons. The van der Waals surface area contributed by atoms with Gasteiger partial charge in [-0.05, 0) is 25.0 Å². The van der Waals surface area contributed by atoms with Crippen LogP contribution in [0.3, 0.4) is 0 Å². The lowest BCUT2D eigenvalue weighted by Gasteiger charge is -2.20. The number of Topliss-reactive ketones (excluding diaryl/α,β-unsaturated/α-hetero) is 1. The Hall–Kier alpha value is -1.32. The number of ether oxygens (including phenoxy) is 1. The van der Waals surface area contributed by atoms with E-state index >= 15 is 0 Å². The van der Waals surface area contributed by atoms with Crippen LogP contribution in [0, 0.1) is 5.92 Å². The summed E-state index contributed by atoms with van der Waals surface area (Å²) in [5.74, 6) is 0.325. The van der Waals surface area contributed by atoms with Gasteiger partial charge in [0.1, 0.15) is 0 Å². The Bertz CT molecular complexity index is 626. The number of hydrogen-bond acceptors (Lipinski definition) is 2. The van der Waals surface area contributed by atoms with Crippen molar-refractivity contribution in [2.45, 2.75) is 12.8 Å². The Morgan fingerprint density at radius 3 is 2.84 bits per heavy atom. The average molecular weight is 278 g/mol. The molecule has 0 spiro atoms. The van der Waals surface area contributed by atoms with Crippen molar-refractivity contribution in [2.75, 3.05) is 13.2 Å². The van der Waals surface area contributed by atoms with Gasteiger partial charge in [0.05, 0.1) is 0 Å². The van der Waals surface area contributed by atoms with Crippen molar-refractivity contribution in [1.29, 1.82) is 0 Å². The quantitative estimate of drug-likeness (QED) is 0.788. The molecular formula is C15H16ClNO2. The summed E-state index contributed by atoms with van der Waals surface area (Å²) in [6, 6.07) is 5.67. The number of nitrogens with zero attached hydrogens (tertiary/aromatic N) is 1. The van der Waals surface area contributed by atoms with E-state index in [2.05, 4.69) is 0 Å². The summed E-state index contributed by atoms with van der Waals surface area (Å²) in [4.78, 5) is 12.6. The molecule has 3 rings (SSSR count). The Morgan fingerprint density at radius 2 is 2.11 bits per heavy atom. The molecule has 100 valence electrons. The SMILES string of the molecule is Cn1cc(C(=O)C2CCOCC2)c2ccc(Cl)cc21. The maximum Gasteiger partial charge on any atom is 0.168 e. The van der Waals surface area contributed by atoms with Crippen molar-refractivity contribution < 1.29 is 9.53 Å². The minimum absolute atomic E-state index is 0.0926. The molecule has 0 unspecified atom stereocenters. The standard InChI is InChI=1S/C15H16ClNO2/c1-17-9-13(12-3-2-11(16)8-14(12)17)15(18)10-4-6-19-7-5-10/h2-3,8-10H,4-7H2,1H3. The molecule has 1 aliphatic rings. The molecule has 1 saturated heterocycles. The Kier molecular flexibility index (Phi) is 3.33. The molecule has 0 atom stereocenters. The number of aryl methyl sites for hydroxylation is 1. The fourth-order valence-electron chi connectivity index (χ4n) is 2.73. The highest BCUT2D eigenvalue weighted by Crippen LogP contribution is 2.28. The number of hydrogen-bond donors (Lipinski definition) is 0. The van der Waals surface area contributed by atoms with Gasteiger partial charge in [0.2, 0.25) is 0 Å². The van der Waals surface area contributed by atoms with Crippen molar-refractivity contribution in [3.63, 3.8) is 0 Å². The summed E-state index contributed by atoms with van der Waals surface area (Å²) in [6.07, 6.45) is 3.56. The molecule has 0 bridgehead atoms. The van der Waals surface area contributed by atoms with E-state index in [1.54, 1.807) is 0 Å². The Balaban J connectivity index is 2.02. The summed E-state index contributed by atoms with van der Waals surface area (Å²) in [6.45, 7) is 1.38. The third-order valence-corrected chi connectivity index (χ3v) is 4.05. The van der Waals surface area contributed by atoms with Crippen LogP contribution in [0.15, 0.2) is 24.4 Å². The first kappa shape index (κ1) is 12.7. The minimum atomic E-state index is 0.0926. The van der Waals surface area contributed by atoms with Crippen molar-refractivity contribution in [3.05, 3.63) is 35.0 Å². The van der Waals surface area contributed by atoms with Gasteiger partial charge in [0.15, 0.2) is 5.78 Å². The zero-order chi connectivity index (χ0) is 13.4. The number of halogens is 1. The highest BCUT2D eigenvalue weighted by atomic mass is 35.5. The molecule has 0 aliphatic carbocycles.